The molecule has 1 aliphatic heterocycles. The Morgan fingerprint density at radius 2 is 2.09 bits per heavy atom. The zero-order valence-electron chi connectivity index (χ0n) is 18.5. The van der Waals surface area contributed by atoms with Crippen molar-refractivity contribution < 1.29 is 22.7 Å². The first-order chi connectivity index (χ1) is 15.2. The van der Waals surface area contributed by atoms with Gasteiger partial charge in [-0.25, -0.2) is 22.8 Å². The quantitative estimate of drug-likeness (QED) is 0.642. The Morgan fingerprint density at radius 1 is 1.38 bits per heavy atom. The molecule has 0 spiro atoms. The Bertz CT molecular complexity index is 1010. The summed E-state index contributed by atoms with van der Waals surface area (Å²) < 4.78 is 37.5. The minimum Gasteiger partial charge on any atom is -0.453 e. The number of hydrogen-bond donors (Lipinski definition) is 1. The second-order valence-corrected chi connectivity index (χ2v) is 11.0. The third-order valence-corrected chi connectivity index (χ3v) is 7.78. The normalized spacial score (nSPS) is 33.9. The molecule has 4 rings (SSSR count). The van der Waals surface area contributed by atoms with Gasteiger partial charge in [0, 0.05) is 29.9 Å². The van der Waals surface area contributed by atoms with Crippen molar-refractivity contribution in [1.82, 2.24) is 19.6 Å². The van der Waals surface area contributed by atoms with E-state index in [0.29, 0.717) is 18.0 Å². The van der Waals surface area contributed by atoms with Gasteiger partial charge in [-0.2, -0.15) is 0 Å². The summed E-state index contributed by atoms with van der Waals surface area (Å²) in [6.07, 6.45) is 7.99. The molecule has 2 saturated carbocycles. The number of likely N-dealkylation sites (tertiary alicyclic amines) is 1. The zero-order valence-corrected chi connectivity index (χ0v) is 19.3. The van der Waals surface area contributed by atoms with Crippen molar-refractivity contribution >= 4 is 21.8 Å². The molecular formula is C21H29N5O5S. The zero-order chi connectivity index (χ0) is 23.1. The van der Waals surface area contributed by atoms with Crippen LogP contribution < -0.4 is 4.72 Å². The molecule has 1 aromatic rings. The fourth-order valence-electron chi connectivity index (χ4n) is 5.44. The minimum absolute atomic E-state index is 0.0132. The number of carbonyl (C=O) groups is 1. The highest BCUT2D eigenvalue weighted by atomic mass is 32.2. The van der Waals surface area contributed by atoms with Gasteiger partial charge in [0.1, 0.15) is 5.82 Å². The number of methoxy groups -OCH3 is 1. The molecule has 3 fully saturated rings. The van der Waals surface area contributed by atoms with Crippen molar-refractivity contribution in [2.24, 2.45) is 5.92 Å². The molecule has 0 radical (unpaired) electrons. The number of rotatable bonds is 6. The number of sulfonamides is 1. The lowest BCUT2D eigenvalue weighted by Gasteiger charge is -2.32. The van der Waals surface area contributed by atoms with Crippen molar-refractivity contribution in [3.8, 4) is 0 Å². The molecule has 1 amide bonds. The number of aromatic nitrogens is 2. The first-order valence-corrected chi connectivity index (χ1v) is 12.7. The van der Waals surface area contributed by atoms with Gasteiger partial charge in [-0.3, -0.25) is 14.9 Å². The number of hydrogen-bond acceptors (Lipinski definition) is 7. The molecule has 3 aliphatic rings. The van der Waals surface area contributed by atoms with E-state index in [1.807, 2.05) is 6.92 Å². The van der Waals surface area contributed by atoms with E-state index in [1.165, 1.54) is 7.11 Å². The van der Waals surface area contributed by atoms with Gasteiger partial charge >= 0.3 is 6.09 Å². The van der Waals surface area contributed by atoms with Crippen LogP contribution in [0.4, 0.5) is 10.5 Å². The molecule has 2 aliphatic carbocycles. The summed E-state index contributed by atoms with van der Waals surface area (Å²) in [4.78, 5) is 26.1. The second-order valence-electron chi connectivity index (χ2n) is 9.19. The van der Waals surface area contributed by atoms with E-state index < -0.39 is 28.2 Å². The van der Waals surface area contributed by atoms with Crippen LogP contribution in [0, 0.1) is 12.5 Å². The smallest absolute Gasteiger partial charge is 0.410 e. The fourth-order valence-corrected chi connectivity index (χ4v) is 6.24. The Balaban J connectivity index is 1.39. The van der Waals surface area contributed by atoms with Crippen LogP contribution in [0.15, 0.2) is 12.4 Å². The molecule has 0 aromatic carbocycles. The molecule has 1 N–H and O–H groups in total. The molecule has 6 atom stereocenters. The first-order valence-electron chi connectivity index (χ1n) is 10.8. The molecule has 32 heavy (non-hydrogen) atoms. The number of amides is 1. The van der Waals surface area contributed by atoms with Crippen LogP contribution in [0.25, 0.3) is 4.85 Å². The van der Waals surface area contributed by atoms with E-state index in [-0.39, 0.29) is 24.2 Å². The van der Waals surface area contributed by atoms with E-state index in [4.69, 9.17) is 16.0 Å². The summed E-state index contributed by atoms with van der Waals surface area (Å²) in [5.41, 5.74) is 0.429. The summed E-state index contributed by atoms with van der Waals surface area (Å²) >= 11 is 0. The lowest BCUT2D eigenvalue weighted by atomic mass is 9.86. The van der Waals surface area contributed by atoms with Crippen molar-refractivity contribution in [2.45, 2.75) is 68.7 Å². The second kappa shape index (κ2) is 8.57. The van der Waals surface area contributed by atoms with Crippen LogP contribution in [-0.2, 0) is 24.9 Å². The van der Waals surface area contributed by atoms with Gasteiger partial charge in [0.05, 0.1) is 38.7 Å². The summed E-state index contributed by atoms with van der Waals surface area (Å²) in [5, 5.41) is 0. The van der Waals surface area contributed by atoms with Crippen LogP contribution in [0.3, 0.4) is 0 Å². The Morgan fingerprint density at radius 3 is 2.69 bits per heavy atom. The number of nitrogens with zero attached hydrogens (tertiary/aromatic N) is 4. The molecule has 0 bridgehead atoms. The predicted octanol–water partition coefficient (Wildman–Crippen LogP) is 2.00. The molecule has 1 saturated heterocycles. The molecule has 3 unspecified atom stereocenters. The van der Waals surface area contributed by atoms with Crippen molar-refractivity contribution in [3.63, 3.8) is 0 Å². The van der Waals surface area contributed by atoms with Gasteiger partial charge in [0.15, 0.2) is 0 Å². The lowest BCUT2D eigenvalue weighted by molar-refractivity contribution is -0.0103. The topological polar surface area (TPSA) is 115 Å². The monoisotopic (exact) mass is 463 g/mol. The maximum atomic E-state index is 12.3. The van der Waals surface area contributed by atoms with Gasteiger partial charge < -0.3 is 9.47 Å². The largest absolute Gasteiger partial charge is 0.453 e. The van der Waals surface area contributed by atoms with E-state index in [9.17, 15) is 13.2 Å². The summed E-state index contributed by atoms with van der Waals surface area (Å²) in [5.74, 6) is 1.25. The molecule has 174 valence electrons. The SMILES string of the molecule is [C-]#[N+]c1cnc(C23CCC(OC[C@H]4[C@@H](NS(C)(=O)=O)C[C@@H](C)N4C(=O)OC)CC2C3)nc1. The van der Waals surface area contributed by atoms with E-state index in [1.54, 1.807) is 17.3 Å². The van der Waals surface area contributed by atoms with Crippen LogP contribution in [-0.4, -0.2) is 73.6 Å². The number of ether oxygens (including phenoxy) is 2. The van der Waals surface area contributed by atoms with E-state index >= 15 is 0 Å². The third-order valence-electron chi connectivity index (χ3n) is 7.05. The average Bonchev–Trinajstić information content (AvgIpc) is 3.41. The Hall–Kier alpha value is -2.29. The third kappa shape index (κ3) is 4.44. The number of carbonyl (C=O) groups excluding carboxylic acids is 1. The maximum absolute atomic E-state index is 12.3. The molecule has 1 aromatic heterocycles. The Labute approximate surface area is 188 Å². The number of nitrogens with one attached hydrogen (secondary N) is 1. The highest BCUT2D eigenvalue weighted by molar-refractivity contribution is 7.88. The standard InChI is InChI=1S/C21H29N5O5S/c1-13-7-17(25-32(4,28)29)18(26(13)20(27)30-3)12-31-16-5-6-21(9-14(21)8-16)19-23-10-15(22-2)11-24-19/h10-11,13-14,16-18,25H,5-9,12H2,1,3-4H3/t13-,14?,16?,17+,18+,21?/m1/s1. The average molecular weight is 464 g/mol. The molecule has 11 heteroatoms. The van der Waals surface area contributed by atoms with E-state index in [0.717, 1.165) is 37.8 Å². The van der Waals surface area contributed by atoms with Gasteiger partial charge in [-0.15, -0.1) is 0 Å². The highest BCUT2D eigenvalue weighted by Gasteiger charge is 2.60. The maximum Gasteiger partial charge on any atom is 0.410 e. The van der Waals surface area contributed by atoms with Crippen LogP contribution in [0.5, 0.6) is 0 Å². The van der Waals surface area contributed by atoms with Crippen LogP contribution >= 0.6 is 0 Å². The van der Waals surface area contributed by atoms with Crippen molar-refractivity contribution in [3.05, 3.63) is 29.6 Å². The van der Waals surface area contributed by atoms with Gasteiger partial charge in [0.2, 0.25) is 15.7 Å². The first kappa shape index (κ1) is 22.9. The summed E-state index contributed by atoms with van der Waals surface area (Å²) in [6, 6.07) is -1.01. The summed E-state index contributed by atoms with van der Waals surface area (Å²) in [7, 11) is -2.10. The predicted molar refractivity (Wildman–Crippen MR) is 116 cm³/mol. The fraction of sp³-hybridized carbons (Fsp3) is 0.714. The molecule has 10 nitrogen and oxygen atoms in total. The molecule has 2 heterocycles. The van der Waals surface area contributed by atoms with Gasteiger partial charge in [-0.05, 0) is 44.9 Å². The van der Waals surface area contributed by atoms with Crippen molar-refractivity contribution in [2.75, 3.05) is 20.0 Å². The van der Waals surface area contributed by atoms with Crippen LogP contribution in [0.1, 0.15) is 44.9 Å². The van der Waals surface area contributed by atoms with Crippen LogP contribution in [0.2, 0.25) is 0 Å². The van der Waals surface area contributed by atoms with Gasteiger partial charge in [0.25, 0.3) is 0 Å². The Kier molecular flexibility index (Phi) is 6.13. The highest BCUT2D eigenvalue weighted by Crippen LogP contribution is 2.61. The summed E-state index contributed by atoms with van der Waals surface area (Å²) in [6.45, 7) is 9.17. The van der Waals surface area contributed by atoms with E-state index in [2.05, 4.69) is 19.5 Å². The number of fused-ring (bicyclic) bond motifs is 1. The minimum atomic E-state index is -3.43. The van der Waals surface area contributed by atoms with Crippen molar-refractivity contribution in [1.29, 1.82) is 0 Å². The lowest BCUT2D eigenvalue weighted by Crippen LogP contribution is -2.50. The van der Waals surface area contributed by atoms with Gasteiger partial charge in [-0.1, -0.05) is 0 Å². The molecular weight excluding hydrogens is 434 g/mol.